The molecule has 0 fully saturated rings. The van der Waals surface area contributed by atoms with Gasteiger partial charge in [-0.25, -0.2) is 9.78 Å². The summed E-state index contributed by atoms with van der Waals surface area (Å²) in [5.41, 5.74) is 4.95. The lowest BCUT2D eigenvalue weighted by Gasteiger charge is -2.11. The van der Waals surface area contributed by atoms with E-state index in [0.29, 0.717) is 24.4 Å². The summed E-state index contributed by atoms with van der Waals surface area (Å²) in [4.78, 5) is 20.9. The predicted octanol–water partition coefficient (Wildman–Crippen LogP) is 7.46. The quantitative estimate of drug-likeness (QED) is 0.130. The van der Waals surface area contributed by atoms with E-state index in [0.717, 1.165) is 62.7 Å². The van der Waals surface area contributed by atoms with Crippen molar-refractivity contribution in [3.63, 3.8) is 0 Å². The topological polar surface area (TPSA) is 102 Å². The molecule has 2 heterocycles. The zero-order chi connectivity index (χ0) is 30.0. The molecule has 0 aliphatic carbocycles. The van der Waals surface area contributed by atoms with Crippen molar-refractivity contribution in [1.29, 1.82) is 5.26 Å². The molecule has 2 amide bonds. The molecule has 9 heteroatoms. The lowest BCUT2D eigenvalue weighted by molar-refractivity contribution is 0.262. The Morgan fingerprint density at radius 3 is 2.40 bits per heavy atom. The minimum atomic E-state index is -0.290. The smallest absolute Gasteiger partial charge is 0.323 e. The Morgan fingerprint density at radius 1 is 0.977 bits per heavy atom. The summed E-state index contributed by atoms with van der Waals surface area (Å²) in [7, 11) is 4.12. The van der Waals surface area contributed by atoms with Gasteiger partial charge in [-0.1, -0.05) is 30.3 Å². The number of thiophene rings is 1. The summed E-state index contributed by atoms with van der Waals surface area (Å²) in [6.45, 7) is 2.32. The van der Waals surface area contributed by atoms with E-state index < -0.39 is 0 Å². The van der Waals surface area contributed by atoms with E-state index >= 15 is 0 Å². The molecule has 218 valence electrons. The van der Waals surface area contributed by atoms with Crippen molar-refractivity contribution in [2.75, 3.05) is 49.7 Å². The molecule has 0 saturated heterocycles. The maximum atomic E-state index is 12.3. The minimum Gasteiger partial charge on any atom is -0.494 e. The maximum absolute atomic E-state index is 12.3. The van der Waals surface area contributed by atoms with E-state index in [-0.39, 0.29) is 6.03 Å². The van der Waals surface area contributed by atoms with Gasteiger partial charge in [0.1, 0.15) is 16.6 Å². The molecule has 0 aliphatic rings. The second-order valence-electron chi connectivity index (χ2n) is 10.3. The molecule has 0 spiro atoms. The third-order valence-electron chi connectivity index (χ3n) is 6.80. The molecule has 5 rings (SSSR count). The Hall–Kier alpha value is -4.91. The highest BCUT2D eigenvalue weighted by atomic mass is 32.1. The van der Waals surface area contributed by atoms with Crippen molar-refractivity contribution in [3.05, 3.63) is 102 Å². The van der Waals surface area contributed by atoms with Crippen LogP contribution in [0.25, 0.3) is 20.7 Å². The van der Waals surface area contributed by atoms with Gasteiger partial charge >= 0.3 is 6.03 Å². The Kier molecular flexibility index (Phi) is 9.85. The summed E-state index contributed by atoms with van der Waals surface area (Å²) >= 11 is 1.60. The average molecular weight is 591 g/mol. The van der Waals surface area contributed by atoms with Crippen LogP contribution in [-0.4, -0.2) is 49.7 Å². The number of nitrogens with zero attached hydrogens (tertiary/aromatic N) is 3. The van der Waals surface area contributed by atoms with Crippen molar-refractivity contribution in [2.45, 2.75) is 12.8 Å². The molecular weight excluding hydrogens is 556 g/mol. The number of amides is 2. The standard InChI is InChI=1S/C34H34N6O2S/c1-40(2)19-6-20-42-29-15-11-25(12-16-29)31-21-30-32(26(22-35)23-37-33(30)43-31)36-18-17-24-9-13-28(14-10-24)39-34(41)38-27-7-4-3-5-8-27/h3-5,7-16,21,23H,6,17-20H2,1-2H3,(H,36,37)(H2,38,39,41). The molecule has 0 saturated carbocycles. The van der Waals surface area contributed by atoms with E-state index in [1.807, 2.05) is 66.7 Å². The fourth-order valence-electron chi connectivity index (χ4n) is 4.59. The van der Waals surface area contributed by atoms with Crippen LogP contribution in [0.15, 0.2) is 91.1 Å². The normalized spacial score (nSPS) is 10.8. The highest BCUT2D eigenvalue weighted by Crippen LogP contribution is 2.37. The van der Waals surface area contributed by atoms with Gasteiger partial charge in [0.15, 0.2) is 0 Å². The number of rotatable bonds is 12. The van der Waals surface area contributed by atoms with Crippen LogP contribution in [-0.2, 0) is 6.42 Å². The number of hydrogen-bond acceptors (Lipinski definition) is 7. The van der Waals surface area contributed by atoms with Crippen LogP contribution in [0, 0.1) is 11.3 Å². The SMILES string of the molecule is CN(C)CCCOc1ccc(-c2cc3c(NCCc4ccc(NC(=O)Nc5ccccc5)cc4)c(C#N)cnc3s2)cc1. The number of carbonyl (C=O) groups excluding carboxylic acids is 1. The summed E-state index contributed by atoms with van der Waals surface area (Å²) in [6.07, 6.45) is 3.36. The number of fused-ring (bicyclic) bond motifs is 1. The van der Waals surface area contributed by atoms with Gasteiger partial charge in [-0.15, -0.1) is 11.3 Å². The molecule has 43 heavy (non-hydrogen) atoms. The molecule has 8 nitrogen and oxygen atoms in total. The highest BCUT2D eigenvalue weighted by molar-refractivity contribution is 7.21. The van der Waals surface area contributed by atoms with Gasteiger partial charge in [0.25, 0.3) is 0 Å². The van der Waals surface area contributed by atoms with Gasteiger partial charge in [0.2, 0.25) is 0 Å². The second-order valence-corrected chi connectivity index (χ2v) is 11.4. The molecule has 3 N–H and O–H groups in total. The van der Waals surface area contributed by atoms with Crippen LogP contribution in [0.5, 0.6) is 5.75 Å². The van der Waals surface area contributed by atoms with Crippen LogP contribution in [0.4, 0.5) is 21.9 Å². The molecular formula is C34H34N6O2S. The van der Waals surface area contributed by atoms with Gasteiger partial charge in [0.05, 0.1) is 17.9 Å². The van der Waals surface area contributed by atoms with Gasteiger partial charge in [-0.2, -0.15) is 5.26 Å². The number of para-hydroxylation sites is 1. The van der Waals surface area contributed by atoms with E-state index in [1.165, 1.54) is 0 Å². The summed E-state index contributed by atoms with van der Waals surface area (Å²) in [5.74, 6) is 0.857. The van der Waals surface area contributed by atoms with Crippen LogP contribution in [0.2, 0.25) is 0 Å². The Labute approximate surface area is 256 Å². The summed E-state index contributed by atoms with van der Waals surface area (Å²) in [5, 5.41) is 19.9. The van der Waals surface area contributed by atoms with E-state index in [2.05, 4.69) is 64.2 Å². The van der Waals surface area contributed by atoms with Gasteiger partial charge in [-0.3, -0.25) is 0 Å². The first kappa shape index (κ1) is 29.6. The average Bonchev–Trinajstić information content (AvgIpc) is 3.46. The molecule has 3 aromatic carbocycles. The monoisotopic (exact) mass is 590 g/mol. The first-order chi connectivity index (χ1) is 21.0. The van der Waals surface area contributed by atoms with Crippen molar-refractivity contribution in [3.8, 4) is 22.3 Å². The van der Waals surface area contributed by atoms with Crippen LogP contribution < -0.4 is 20.7 Å². The maximum Gasteiger partial charge on any atom is 0.323 e. The number of nitrogens with one attached hydrogen (secondary N) is 3. The molecule has 5 aromatic rings. The van der Waals surface area contributed by atoms with Gasteiger partial charge < -0.3 is 25.6 Å². The van der Waals surface area contributed by atoms with Crippen molar-refractivity contribution in [1.82, 2.24) is 9.88 Å². The summed E-state index contributed by atoms with van der Waals surface area (Å²) < 4.78 is 5.88. The number of carbonyl (C=O) groups is 1. The minimum absolute atomic E-state index is 0.290. The molecule has 0 bridgehead atoms. The zero-order valence-corrected chi connectivity index (χ0v) is 25.1. The molecule has 0 unspecified atom stereocenters. The fourth-order valence-corrected chi connectivity index (χ4v) is 5.61. The van der Waals surface area contributed by atoms with Crippen molar-refractivity contribution < 1.29 is 9.53 Å². The highest BCUT2D eigenvalue weighted by Gasteiger charge is 2.14. The zero-order valence-electron chi connectivity index (χ0n) is 24.3. The number of hydrogen-bond donors (Lipinski definition) is 3. The number of anilines is 3. The van der Waals surface area contributed by atoms with Crippen molar-refractivity contribution >= 4 is 44.6 Å². The lowest BCUT2D eigenvalue weighted by atomic mass is 10.1. The first-order valence-electron chi connectivity index (χ1n) is 14.1. The summed E-state index contributed by atoms with van der Waals surface area (Å²) in [6, 6.07) is 29.3. The Morgan fingerprint density at radius 2 is 1.70 bits per heavy atom. The number of benzene rings is 3. The third kappa shape index (κ3) is 8.10. The Bertz CT molecular complexity index is 1690. The van der Waals surface area contributed by atoms with Crippen LogP contribution >= 0.6 is 11.3 Å². The van der Waals surface area contributed by atoms with E-state index in [1.54, 1.807) is 17.5 Å². The number of nitriles is 1. The number of urea groups is 1. The molecule has 0 radical (unpaired) electrons. The fraction of sp³-hybridized carbons (Fsp3) is 0.206. The van der Waals surface area contributed by atoms with Crippen molar-refractivity contribution in [2.24, 2.45) is 0 Å². The third-order valence-corrected chi connectivity index (χ3v) is 7.89. The molecule has 2 aromatic heterocycles. The largest absolute Gasteiger partial charge is 0.494 e. The Balaban J connectivity index is 1.19. The molecule has 0 aliphatic heterocycles. The van der Waals surface area contributed by atoms with Crippen LogP contribution in [0.1, 0.15) is 17.5 Å². The number of ether oxygens (including phenoxy) is 1. The van der Waals surface area contributed by atoms with E-state index in [4.69, 9.17) is 4.74 Å². The number of pyridine rings is 1. The van der Waals surface area contributed by atoms with Gasteiger partial charge in [-0.05, 0) is 92.7 Å². The molecule has 0 atom stereocenters. The van der Waals surface area contributed by atoms with Crippen LogP contribution in [0.3, 0.4) is 0 Å². The second kappa shape index (κ2) is 14.3. The lowest BCUT2D eigenvalue weighted by Crippen LogP contribution is -2.19. The van der Waals surface area contributed by atoms with E-state index in [9.17, 15) is 10.1 Å². The number of aromatic nitrogens is 1. The predicted molar refractivity (Wildman–Crippen MR) is 176 cm³/mol. The van der Waals surface area contributed by atoms with Gasteiger partial charge in [0, 0.05) is 40.9 Å². The first-order valence-corrected chi connectivity index (χ1v) is 15.0.